The third-order valence-electron chi connectivity index (χ3n) is 4.05. The van der Waals surface area contributed by atoms with Crippen LogP contribution >= 0.6 is 0 Å². The number of likely N-dealkylation sites (tertiary alicyclic amines) is 1. The zero-order chi connectivity index (χ0) is 17.0. The Morgan fingerprint density at radius 3 is 2.92 bits per heavy atom. The highest BCUT2D eigenvalue weighted by atomic mass is 19.4. The van der Waals surface area contributed by atoms with Gasteiger partial charge in [-0.15, -0.1) is 0 Å². The van der Waals surface area contributed by atoms with E-state index in [4.69, 9.17) is 4.74 Å². The fraction of sp³-hybridized carbons (Fsp3) is 0.500. The van der Waals surface area contributed by atoms with E-state index in [0.717, 1.165) is 31.5 Å². The molecule has 0 radical (unpaired) electrons. The van der Waals surface area contributed by atoms with Crippen LogP contribution < -0.4 is 4.74 Å². The van der Waals surface area contributed by atoms with Crippen LogP contribution in [0, 0.1) is 0 Å². The molecule has 2 aromatic rings. The van der Waals surface area contributed by atoms with Gasteiger partial charge >= 0.3 is 6.18 Å². The smallest absolute Gasteiger partial charge is 0.422 e. The minimum absolute atomic E-state index is 0.247. The van der Waals surface area contributed by atoms with Crippen molar-refractivity contribution in [2.45, 2.75) is 38.1 Å². The average Bonchev–Trinajstić information content (AvgIpc) is 3.18. The molecule has 1 aliphatic heterocycles. The fourth-order valence-corrected chi connectivity index (χ4v) is 2.99. The number of nitrogens with zero attached hydrogens (tertiary/aromatic N) is 4. The van der Waals surface area contributed by atoms with Gasteiger partial charge in [-0.2, -0.15) is 18.3 Å². The van der Waals surface area contributed by atoms with Crippen molar-refractivity contribution in [3.8, 4) is 5.75 Å². The molecule has 1 aromatic heterocycles. The maximum absolute atomic E-state index is 12.3. The van der Waals surface area contributed by atoms with Crippen LogP contribution in [-0.4, -0.2) is 45.0 Å². The van der Waals surface area contributed by atoms with Crippen molar-refractivity contribution in [1.82, 2.24) is 19.7 Å². The summed E-state index contributed by atoms with van der Waals surface area (Å²) in [6.07, 6.45) is 1.06. The summed E-state index contributed by atoms with van der Waals surface area (Å²) in [4.78, 5) is 6.27. The third-order valence-corrected chi connectivity index (χ3v) is 4.05. The van der Waals surface area contributed by atoms with Gasteiger partial charge in [-0.25, -0.2) is 4.98 Å². The molecular formula is C16H19F3N4O. The summed E-state index contributed by atoms with van der Waals surface area (Å²) >= 11 is 0. The van der Waals surface area contributed by atoms with Crippen LogP contribution in [0.1, 0.15) is 18.4 Å². The molecule has 2 heterocycles. The Labute approximate surface area is 138 Å². The lowest BCUT2D eigenvalue weighted by Crippen LogP contribution is -2.32. The van der Waals surface area contributed by atoms with E-state index in [9.17, 15) is 13.2 Å². The zero-order valence-electron chi connectivity index (χ0n) is 13.1. The van der Waals surface area contributed by atoms with Crippen LogP contribution in [0.5, 0.6) is 5.75 Å². The first-order valence-electron chi connectivity index (χ1n) is 7.84. The quantitative estimate of drug-likeness (QED) is 0.811. The number of ether oxygens (including phenoxy) is 1. The number of halogens is 3. The van der Waals surface area contributed by atoms with E-state index < -0.39 is 12.8 Å². The maximum atomic E-state index is 12.3. The van der Waals surface area contributed by atoms with E-state index in [1.54, 1.807) is 24.5 Å². The first-order chi connectivity index (χ1) is 11.5. The monoisotopic (exact) mass is 340 g/mol. The molecule has 24 heavy (non-hydrogen) atoms. The van der Waals surface area contributed by atoms with Crippen molar-refractivity contribution in [2.24, 2.45) is 0 Å². The summed E-state index contributed by atoms with van der Waals surface area (Å²) in [5, 5.41) is 4.14. The number of hydrogen-bond acceptors (Lipinski definition) is 4. The molecule has 5 nitrogen and oxygen atoms in total. The minimum Gasteiger partial charge on any atom is -0.484 e. The first kappa shape index (κ1) is 16.8. The molecule has 1 fully saturated rings. The Morgan fingerprint density at radius 1 is 1.29 bits per heavy atom. The Balaban J connectivity index is 1.60. The van der Waals surface area contributed by atoms with E-state index in [1.807, 2.05) is 10.7 Å². The van der Waals surface area contributed by atoms with E-state index in [0.29, 0.717) is 12.6 Å². The Kier molecular flexibility index (Phi) is 5.03. The summed E-state index contributed by atoms with van der Waals surface area (Å²) in [6.45, 7) is 1.15. The van der Waals surface area contributed by atoms with E-state index in [-0.39, 0.29) is 5.75 Å². The molecule has 3 rings (SSSR count). The highest BCUT2D eigenvalue weighted by molar-refractivity contribution is 5.28. The number of rotatable bonds is 6. The summed E-state index contributed by atoms with van der Waals surface area (Å²) in [5.74, 6) is 0.247. The van der Waals surface area contributed by atoms with Crippen LogP contribution in [0.3, 0.4) is 0 Å². The average molecular weight is 340 g/mol. The normalized spacial score (nSPS) is 18.9. The number of hydrogen-bond donors (Lipinski definition) is 0. The first-order valence-corrected chi connectivity index (χ1v) is 7.84. The lowest BCUT2D eigenvalue weighted by atomic mass is 10.1. The van der Waals surface area contributed by atoms with Crippen molar-refractivity contribution in [2.75, 3.05) is 13.2 Å². The lowest BCUT2D eigenvalue weighted by molar-refractivity contribution is -0.153. The van der Waals surface area contributed by atoms with Gasteiger partial charge in [0.15, 0.2) is 6.61 Å². The summed E-state index contributed by atoms with van der Waals surface area (Å²) in [7, 11) is 0. The zero-order valence-corrected chi connectivity index (χ0v) is 13.1. The van der Waals surface area contributed by atoms with Gasteiger partial charge in [0.05, 0.1) is 6.54 Å². The number of benzene rings is 1. The Hall–Kier alpha value is -2.09. The predicted octanol–water partition coefficient (Wildman–Crippen LogP) is 2.88. The second kappa shape index (κ2) is 7.21. The van der Waals surface area contributed by atoms with Gasteiger partial charge in [0.1, 0.15) is 18.4 Å². The molecule has 1 atom stereocenters. The molecule has 0 saturated carbocycles. The molecule has 1 saturated heterocycles. The second-order valence-corrected chi connectivity index (χ2v) is 5.94. The highest BCUT2D eigenvalue weighted by Gasteiger charge is 2.28. The van der Waals surface area contributed by atoms with Gasteiger partial charge in [-0.1, -0.05) is 12.1 Å². The minimum atomic E-state index is -4.33. The topological polar surface area (TPSA) is 43.2 Å². The molecular weight excluding hydrogens is 321 g/mol. The molecule has 0 amide bonds. The lowest BCUT2D eigenvalue weighted by Gasteiger charge is -2.24. The Bertz CT molecular complexity index is 645. The van der Waals surface area contributed by atoms with Crippen LogP contribution in [0.4, 0.5) is 13.2 Å². The second-order valence-electron chi connectivity index (χ2n) is 5.94. The van der Waals surface area contributed by atoms with E-state index in [2.05, 4.69) is 15.0 Å². The van der Waals surface area contributed by atoms with Crippen molar-refractivity contribution in [1.29, 1.82) is 0 Å². The molecule has 0 spiro atoms. The van der Waals surface area contributed by atoms with E-state index >= 15 is 0 Å². The van der Waals surface area contributed by atoms with Crippen molar-refractivity contribution >= 4 is 0 Å². The largest absolute Gasteiger partial charge is 0.484 e. The van der Waals surface area contributed by atoms with Crippen LogP contribution in [0.2, 0.25) is 0 Å². The van der Waals surface area contributed by atoms with Crippen molar-refractivity contribution in [3.63, 3.8) is 0 Å². The van der Waals surface area contributed by atoms with Crippen molar-refractivity contribution in [3.05, 3.63) is 42.5 Å². The molecule has 8 heteroatoms. The maximum Gasteiger partial charge on any atom is 0.422 e. The molecule has 0 bridgehead atoms. The molecule has 130 valence electrons. The molecule has 0 aliphatic carbocycles. The number of alkyl halides is 3. The molecule has 0 unspecified atom stereocenters. The predicted molar refractivity (Wildman–Crippen MR) is 81.4 cm³/mol. The number of aromatic nitrogens is 3. The van der Waals surface area contributed by atoms with Gasteiger partial charge < -0.3 is 4.74 Å². The standard InChI is InChI=1S/C16H19F3N4O/c17-16(18,19)10-24-15-5-1-3-13(7-15)8-22-6-2-4-14(22)9-23-12-20-11-21-23/h1,3,5,7,11-12,14H,2,4,6,8-10H2/t14-/m0/s1. The SMILES string of the molecule is FC(F)(F)COc1cccc(CN2CCC[C@H]2Cn2cncn2)c1. The fourth-order valence-electron chi connectivity index (χ4n) is 2.99. The van der Waals surface area contributed by atoms with Gasteiger partial charge in [0, 0.05) is 12.6 Å². The summed E-state index contributed by atoms with van der Waals surface area (Å²) < 4.78 is 43.4. The molecule has 1 aromatic carbocycles. The van der Waals surface area contributed by atoms with Gasteiger partial charge in [-0.3, -0.25) is 9.58 Å². The van der Waals surface area contributed by atoms with Gasteiger partial charge in [-0.05, 0) is 37.1 Å². The van der Waals surface area contributed by atoms with Gasteiger partial charge in [0.2, 0.25) is 0 Å². The highest BCUT2D eigenvalue weighted by Crippen LogP contribution is 2.24. The molecule has 0 N–H and O–H groups in total. The summed E-state index contributed by atoms with van der Waals surface area (Å²) in [6, 6.07) is 7.21. The Morgan fingerprint density at radius 2 is 2.17 bits per heavy atom. The van der Waals surface area contributed by atoms with Crippen molar-refractivity contribution < 1.29 is 17.9 Å². The summed E-state index contributed by atoms with van der Waals surface area (Å²) in [5.41, 5.74) is 0.945. The van der Waals surface area contributed by atoms with Gasteiger partial charge in [0.25, 0.3) is 0 Å². The third kappa shape index (κ3) is 4.70. The van der Waals surface area contributed by atoms with Crippen LogP contribution in [0.15, 0.2) is 36.9 Å². The van der Waals surface area contributed by atoms with Crippen LogP contribution in [-0.2, 0) is 13.1 Å². The molecule has 1 aliphatic rings. The van der Waals surface area contributed by atoms with E-state index in [1.165, 1.54) is 6.33 Å². The van der Waals surface area contributed by atoms with Crippen LogP contribution in [0.25, 0.3) is 0 Å².